The molecule has 1 aromatic heterocycles. The van der Waals surface area contributed by atoms with E-state index in [4.69, 9.17) is 9.47 Å². The maximum Gasteiger partial charge on any atom is 0.251 e. The van der Waals surface area contributed by atoms with E-state index < -0.39 is 0 Å². The Kier molecular flexibility index (Phi) is 5.24. The summed E-state index contributed by atoms with van der Waals surface area (Å²) in [4.78, 5) is 12.6. The van der Waals surface area contributed by atoms with Crippen molar-refractivity contribution >= 4 is 16.8 Å². The maximum absolute atomic E-state index is 12.6. The Balaban J connectivity index is 1.44. The predicted molar refractivity (Wildman–Crippen MR) is 110 cm³/mol. The van der Waals surface area contributed by atoms with Gasteiger partial charge < -0.3 is 19.4 Å². The lowest BCUT2D eigenvalue weighted by Gasteiger charge is -2.10. The fraction of sp³-hybridized carbons (Fsp3) is 0.348. The van der Waals surface area contributed by atoms with Gasteiger partial charge in [-0.05, 0) is 50.1 Å². The molecule has 28 heavy (non-hydrogen) atoms. The van der Waals surface area contributed by atoms with Gasteiger partial charge in [0.2, 0.25) is 0 Å². The van der Waals surface area contributed by atoms with E-state index >= 15 is 0 Å². The fourth-order valence-corrected chi connectivity index (χ4v) is 3.62. The predicted octanol–water partition coefficient (Wildman–Crippen LogP) is 4.36. The highest BCUT2D eigenvalue weighted by atomic mass is 16.5. The van der Waals surface area contributed by atoms with Crippen molar-refractivity contribution in [2.45, 2.75) is 32.7 Å². The van der Waals surface area contributed by atoms with Crippen molar-refractivity contribution in [2.24, 2.45) is 0 Å². The highest BCUT2D eigenvalue weighted by Gasteiger charge is 2.15. The monoisotopic (exact) mass is 378 g/mol. The molecule has 0 fully saturated rings. The molecule has 0 radical (unpaired) electrons. The molecule has 0 spiro atoms. The van der Waals surface area contributed by atoms with Crippen LogP contribution >= 0.6 is 0 Å². The molecule has 1 aliphatic rings. The number of hydrogen-bond acceptors (Lipinski definition) is 3. The van der Waals surface area contributed by atoms with Gasteiger partial charge in [-0.2, -0.15) is 0 Å². The van der Waals surface area contributed by atoms with Gasteiger partial charge in [0.1, 0.15) is 0 Å². The molecular weight excluding hydrogens is 352 g/mol. The van der Waals surface area contributed by atoms with Crippen LogP contribution in [0.15, 0.2) is 48.7 Å². The fourth-order valence-electron chi connectivity index (χ4n) is 3.62. The molecule has 2 aromatic carbocycles. The van der Waals surface area contributed by atoms with Gasteiger partial charge in [-0.1, -0.05) is 18.2 Å². The Morgan fingerprint density at radius 3 is 2.71 bits per heavy atom. The number of hydrogen-bond donors (Lipinski definition) is 1. The zero-order valence-electron chi connectivity index (χ0n) is 16.4. The zero-order valence-corrected chi connectivity index (χ0v) is 16.4. The van der Waals surface area contributed by atoms with Crippen LogP contribution in [0.25, 0.3) is 10.9 Å². The second kappa shape index (κ2) is 7.97. The van der Waals surface area contributed by atoms with Crippen molar-refractivity contribution in [2.75, 3.05) is 19.8 Å². The first-order valence-corrected chi connectivity index (χ1v) is 9.90. The first-order chi connectivity index (χ1) is 13.6. The molecule has 0 bridgehead atoms. The minimum absolute atomic E-state index is 0.0942. The SMILES string of the molecule is CC(C)n1cc(CCNC(=O)c2ccc3c(c2)OCCCO3)c2ccccc21. The minimum atomic E-state index is -0.0942. The van der Waals surface area contributed by atoms with E-state index in [2.05, 4.69) is 54.2 Å². The van der Waals surface area contributed by atoms with Crippen molar-refractivity contribution < 1.29 is 14.3 Å². The molecule has 4 rings (SSSR count). The van der Waals surface area contributed by atoms with Crippen molar-refractivity contribution in [3.63, 3.8) is 0 Å². The third-order valence-corrected chi connectivity index (χ3v) is 5.07. The lowest BCUT2D eigenvalue weighted by atomic mass is 10.1. The summed E-state index contributed by atoms with van der Waals surface area (Å²) < 4.78 is 13.6. The number of amides is 1. The van der Waals surface area contributed by atoms with E-state index in [0.717, 1.165) is 12.8 Å². The molecule has 0 aliphatic carbocycles. The van der Waals surface area contributed by atoms with Crippen molar-refractivity contribution in [1.29, 1.82) is 0 Å². The smallest absolute Gasteiger partial charge is 0.251 e. The van der Waals surface area contributed by atoms with Crippen LogP contribution in [0.5, 0.6) is 11.5 Å². The topological polar surface area (TPSA) is 52.5 Å². The molecule has 5 nitrogen and oxygen atoms in total. The molecule has 146 valence electrons. The molecule has 1 aliphatic heterocycles. The summed E-state index contributed by atoms with van der Waals surface area (Å²) in [6.07, 6.45) is 3.84. The lowest BCUT2D eigenvalue weighted by molar-refractivity contribution is 0.0953. The molecule has 0 atom stereocenters. The Morgan fingerprint density at radius 2 is 1.89 bits per heavy atom. The largest absolute Gasteiger partial charge is 0.490 e. The Labute approximate surface area is 165 Å². The van der Waals surface area contributed by atoms with Gasteiger partial charge in [0.05, 0.1) is 13.2 Å². The summed E-state index contributed by atoms with van der Waals surface area (Å²) in [5.41, 5.74) is 3.08. The van der Waals surface area contributed by atoms with Crippen molar-refractivity contribution in [1.82, 2.24) is 9.88 Å². The van der Waals surface area contributed by atoms with Crippen LogP contribution in [0.2, 0.25) is 0 Å². The Bertz CT molecular complexity index is 991. The second-order valence-electron chi connectivity index (χ2n) is 7.39. The number of aromatic nitrogens is 1. The Hall–Kier alpha value is -2.95. The summed E-state index contributed by atoms with van der Waals surface area (Å²) >= 11 is 0. The molecule has 2 heterocycles. The van der Waals surface area contributed by atoms with Gasteiger partial charge in [0, 0.05) is 41.7 Å². The summed E-state index contributed by atoms with van der Waals surface area (Å²) in [5, 5.41) is 4.28. The van der Waals surface area contributed by atoms with Crippen LogP contribution < -0.4 is 14.8 Å². The molecular formula is C23H26N2O3. The van der Waals surface area contributed by atoms with Gasteiger partial charge in [-0.15, -0.1) is 0 Å². The summed E-state index contributed by atoms with van der Waals surface area (Å²) in [7, 11) is 0. The van der Waals surface area contributed by atoms with Crippen molar-refractivity contribution in [3.8, 4) is 11.5 Å². The van der Waals surface area contributed by atoms with E-state index in [1.165, 1.54) is 16.5 Å². The van der Waals surface area contributed by atoms with Gasteiger partial charge in [-0.3, -0.25) is 4.79 Å². The molecule has 0 saturated carbocycles. The second-order valence-corrected chi connectivity index (χ2v) is 7.39. The normalized spacial score (nSPS) is 13.5. The average molecular weight is 378 g/mol. The Morgan fingerprint density at radius 1 is 1.11 bits per heavy atom. The third-order valence-electron chi connectivity index (χ3n) is 5.07. The molecule has 0 saturated heterocycles. The number of carbonyl (C=O) groups is 1. The standard InChI is InChI=1S/C23H26N2O3/c1-16(2)25-15-18(19-6-3-4-7-20(19)25)10-11-24-23(26)17-8-9-21-22(14-17)28-13-5-12-27-21/h3-4,6-9,14-16H,5,10-13H2,1-2H3,(H,24,26). The molecule has 5 heteroatoms. The summed E-state index contributed by atoms with van der Waals surface area (Å²) in [6, 6.07) is 14.2. The van der Waals surface area contributed by atoms with Gasteiger partial charge >= 0.3 is 0 Å². The van der Waals surface area contributed by atoms with Gasteiger partial charge in [0.25, 0.3) is 5.91 Å². The molecule has 1 N–H and O–H groups in total. The van der Waals surface area contributed by atoms with E-state index in [0.29, 0.717) is 42.9 Å². The van der Waals surface area contributed by atoms with Crippen LogP contribution in [-0.4, -0.2) is 30.2 Å². The molecule has 0 unspecified atom stereocenters. The number of rotatable bonds is 5. The number of para-hydroxylation sites is 1. The third kappa shape index (κ3) is 3.70. The van der Waals surface area contributed by atoms with E-state index in [1.807, 2.05) is 6.07 Å². The summed E-state index contributed by atoms with van der Waals surface area (Å²) in [6.45, 7) is 6.20. The number of fused-ring (bicyclic) bond motifs is 2. The van der Waals surface area contributed by atoms with Crippen LogP contribution in [-0.2, 0) is 6.42 Å². The number of carbonyl (C=O) groups excluding carboxylic acids is 1. The van der Waals surface area contributed by atoms with E-state index in [-0.39, 0.29) is 5.91 Å². The number of nitrogens with one attached hydrogen (secondary N) is 1. The number of nitrogens with zero attached hydrogens (tertiary/aromatic N) is 1. The van der Waals surface area contributed by atoms with Gasteiger partial charge in [0.15, 0.2) is 11.5 Å². The van der Waals surface area contributed by atoms with Crippen LogP contribution in [0, 0.1) is 0 Å². The molecule has 1 amide bonds. The first-order valence-electron chi connectivity index (χ1n) is 9.90. The van der Waals surface area contributed by atoms with Crippen LogP contribution in [0.1, 0.15) is 42.2 Å². The van der Waals surface area contributed by atoms with E-state index in [9.17, 15) is 4.79 Å². The maximum atomic E-state index is 12.6. The lowest BCUT2D eigenvalue weighted by Crippen LogP contribution is -2.25. The highest BCUT2D eigenvalue weighted by Crippen LogP contribution is 2.30. The van der Waals surface area contributed by atoms with Crippen molar-refractivity contribution in [3.05, 3.63) is 59.8 Å². The number of benzene rings is 2. The van der Waals surface area contributed by atoms with Gasteiger partial charge in [-0.25, -0.2) is 0 Å². The average Bonchev–Trinajstić information content (AvgIpc) is 2.91. The zero-order chi connectivity index (χ0) is 19.5. The first kappa shape index (κ1) is 18.4. The van der Waals surface area contributed by atoms with Crippen LogP contribution in [0.3, 0.4) is 0 Å². The van der Waals surface area contributed by atoms with E-state index in [1.54, 1.807) is 12.1 Å². The highest BCUT2D eigenvalue weighted by molar-refractivity contribution is 5.95. The summed E-state index contributed by atoms with van der Waals surface area (Å²) in [5.74, 6) is 1.25. The minimum Gasteiger partial charge on any atom is -0.490 e. The molecule has 3 aromatic rings. The number of ether oxygens (including phenoxy) is 2. The van der Waals surface area contributed by atoms with Crippen LogP contribution in [0.4, 0.5) is 0 Å². The quantitative estimate of drug-likeness (QED) is 0.718.